The highest BCUT2D eigenvalue weighted by molar-refractivity contribution is 6.01. The van der Waals surface area contributed by atoms with Gasteiger partial charge in [-0.3, -0.25) is 4.79 Å². The second kappa shape index (κ2) is 4.19. The number of rotatable bonds is 3. The van der Waals surface area contributed by atoms with Crippen LogP contribution in [-0.4, -0.2) is 16.8 Å². The highest BCUT2D eigenvalue weighted by Gasteiger charge is 2.14. The van der Waals surface area contributed by atoms with E-state index in [9.17, 15) is 4.79 Å². The van der Waals surface area contributed by atoms with Crippen molar-refractivity contribution >= 4 is 11.6 Å². The SMILES string of the molecule is Cc1ccnc(N)c1C(=O)CC(C)N. The molecule has 0 aliphatic rings. The fraction of sp³-hybridized carbons (Fsp3) is 0.400. The Morgan fingerprint density at radius 3 is 2.79 bits per heavy atom. The van der Waals surface area contributed by atoms with E-state index in [1.54, 1.807) is 19.2 Å². The number of ketones is 1. The number of carbonyl (C=O) groups excluding carboxylic acids is 1. The van der Waals surface area contributed by atoms with Crippen LogP contribution in [0.1, 0.15) is 29.3 Å². The topological polar surface area (TPSA) is 82.0 Å². The number of carbonyl (C=O) groups is 1. The van der Waals surface area contributed by atoms with Crippen LogP contribution in [0.2, 0.25) is 0 Å². The summed E-state index contributed by atoms with van der Waals surface area (Å²) in [6.45, 7) is 3.63. The molecule has 0 aliphatic carbocycles. The van der Waals surface area contributed by atoms with E-state index in [2.05, 4.69) is 4.98 Å². The van der Waals surface area contributed by atoms with Crippen LogP contribution in [0.25, 0.3) is 0 Å². The Morgan fingerprint density at radius 1 is 1.64 bits per heavy atom. The minimum Gasteiger partial charge on any atom is -0.383 e. The predicted octanol–water partition coefficient (Wildman–Crippen LogP) is 0.892. The third kappa shape index (κ3) is 2.29. The molecule has 0 aromatic carbocycles. The molecule has 1 aromatic rings. The quantitative estimate of drug-likeness (QED) is 0.698. The molecule has 1 heterocycles. The number of aromatic nitrogens is 1. The maximum Gasteiger partial charge on any atom is 0.168 e. The van der Waals surface area contributed by atoms with Gasteiger partial charge in [0, 0.05) is 18.7 Å². The van der Waals surface area contributed by atoms with Crippen molar-refractivity contribution in [2.24, 2.45) is 5.73 Å². The van der Waals surface area contributed by atoms with Gasteiger partial charge in [0.15, 0.2) is 5.78 Å². The fourth-order valence-corrected chi connectivity index (χ4v) is 1.34. The number of nitrogens with two attached hydrogens (primary N) is 2. The third-order valence-corrected chi connectivity index (χ3v) is 1.97. The molecule has 4 nitrogen and oxygen atoms in total. The van der Waals surface area contributed by atoms with Gasteiger partial charge < -0.3 is 11.5 Å². The van der Waals surface area contributed by atoms with E-state index in [1.807, 2.05) is 6.92 Å². The van der Waals surface area contributed by atoms with Crippen LogP contribution >= 0.6 is 0 Å². The molecular weight excluding hydrogens is 178 g/mol. The first-order chi connectivity index (χ1) is 6.52. The molecule has 0 aliphatic heterocycles. The summed E-state index contributed by atoms with van der Waals surface area (Å²) in [5, 5.41) is 0. The zero-order valence-electron chi connectivity index (χ0n) is 8.45. The maximum absolute atomic E-state index is 11.7. The lowest BCUT2D eigenvalue weighted by atomic mass is 10.0. The molecule has 1 atom stereocenters. The lowest BCUT2D eigenvalue weighted by Gasteiger charge is -2.08. The number of hydrogen-bond donors (Lipinski definition) is 2. The summed E-state index contributed by atoms with van der Waals surface area (Å²) in [7, 11) is 0. The molecule has 0 fully saturated rings. The Hall–Kier alpha value is -1.42. The van der Waals surface area contributed by atoms with Crippen LogP contribution in [0.15, 0.2) is 12.3 Å². The van der Waals surface area contributed by atoms with Crippen molar-refractivity contribution in [3.8, 4) is 0 Å². The van der Waals surface area contributed by atoms with E-state index in [-0.39, 0.29) is 17.6 Å². The van der Waals surface area contributed by atoms with Gasteiger partial charge in [-0.05, 0) is 25.5 Å². The van der Waals surface area contributed by atoms with Crippen LogP contribution in [0, 0.1) is 6.92 Å². The molecule has 76 valence electrons. The van der Waals surface area contributed by atoms with Crippen LogP contribution in [-0.2, 0) is 0 Å². The molecule has 4 N–H and O–H groups in total. The van der Waals surface area contributed by atoms with E-state index >= 15 is 0 Å². The van der Waals surface area contributed by atoms with Crippen molar-refractivity contribution in [1.82, 2.24) is 4.98 Å². The zero-order chi connectivity index (χ0) is 10.7. The Bertz CT molecular complexity index is 327. The molecule has 14 heavy (non-hydrogen) atoms. The lowest BCUT2D eigenvalue weighted by Crippen LogP contribution is -2.21. The summed E-state index contributed by atoms with van der Waals surface area (Å²) in [5.41, 5.74) is 12.5. The van der Waals surface area contributed by atoms with Gasteiger partial charge in [0.1, 0.15) is 5.82 Å². The first kappa shape index (κ1) is 10.7. The number of Topliss-reactive ketones (excluding diaryl/α,β-unsaturated/α-hetero) is 1. The van der Waals surface area contributed by atoms with Crippen molar-refractivity contribution < 1.29 is 4.79 Å². The Morgan fingerprint density at radius 2 is 2.29 bits per heavy atom. The minimum atomic E-state index is -0.151. The van der Waals surface area contributed by atoms with Crippen molar-refractivity contribution in [2.45, 2.75) is 26.3 Å². The summed E-state index contributed by atoms with van der Waals surface area (Å²) >= 11 is 0. The van der Waals surface area contributed by atoms with Crippen molar-refractivity contribution in [1.29, 1.82) is 0 Å². The average molecular weight is 193 g/mol. The Kier molecular flexibility index (Phi) is 3.19. The molecule has 0 spiro atoms. The van der Waals surface area contributed by atoms with Crippen LogP contribution in [0.5, 0.6) is 0 Å². The molecule has 1 aromatic heterocycles. The average Bonchev–Trinajstić information content (AvgIpc) is 2.01. The van der Waals surface area contributed by atoms with E-state index in [0.29, 0.717) is 12.0 Å². The standard InChI is InChI=1S/C10H15N3O/c1-6-3-4-13-10(12)9(6)8(14)5-7(2)11/h3-4,7H,5,11H2,1-2H3,(H2,12,13). The molecule has 0 radical (unpaired) electrons. The number of anilines is 1. The predicted molar refractivity (Wildman–Crippen MR) is 56.0 cm³/mol. The maximum atomic E-state index is 11.7. The number of aryl methyl sites for hydroxylation is 1. The molecule has 0 bridgehead atoms. The largest absolute Gasteiger partial charge is 0.383 e. The van der Waals surface area contributed by atoms with E-state index in [0.717, 1.165) is 5.56 Å². The Labute approximate surface area is 83.3 Å². The summed E-state index contributed by atoms with van der Waals surface area (Å²) in [6.07, 6.45) is 1.89. The van der Waals surface area contributed by atoms with Gasteiger partial charge >= 0.3 is 0 Å². The number of hydrogen-bond acceptors (Lipinski definition) is 4. The van der Waals surface area contributed by atoms with Gasteiger partial charge in [-0.2, -0.15) is 0 Å². The second-order valence-corrected chi connectivity index (χ2v) is 3.49. The van der Waals surface area contributed by atoms with Gasteiger partial charge in [-0.15, -0.1) is 0 Å². The monoisotopic (exact) mass is 193 g/mol. The molecular formula is C10H15N3O. The van der Waals surface area contributed by atoms with Crippen LogP contribution in [0.4, 0.5) is 5.82 Å². The summed E-state index contributed by atoms with van der Waals surface area (Å²) in [5.74, 6) is 0.249. The van der Waals surface area contributed by atoms with Crippen molar-refractivity contribution in [2.75, 3.05) is 5.73 Å². The number of pyridine rings is 1. The van der Waals surface area contributed by atoms with E-state index in [1.165, 1.54) is 0 Å². The van der Waals surface area contributed by atoms with Crippen molar-refractivity contribution in [3.63, 3.8) is 0 Å². The number of nitrogens with zero attached hydrogens (tertiary/aromatic N) is 1. The summed E-state index contributed by atoms with van der Waals surface area (Å²) in [4.78, 5) is 15.6. The first-order valence-electron chi connectivity index (χ1n) is 4.52. The van der Waals surface area contributed by atoms with E-state index < -0.39 is 0 Å². The molecule has 0 amide bonds. The van der Waals surface area contributed by atoms with E-state index in [4.69, 9.17) is 11.5 Å². The molecule has 1 unspecified atom stereocenters. The summed E-state index contributed by atoms with van der Waals surface area (Å²) < 4.78 is 0. The molecule has 0 saturated carbocycles. The van der Waals surface area contributed by atoms with Crippen LogP contribution in [0.3, 0.4) is 0 Å². The normalized spacial score (nSPS) is 12.5. The van der Waals surface area contributed by atoms with Gasteiger partial charge in [-0.25, -0.2) is 4.98 Å². The smallest absolute Gasteiger partial charge is 0.168 e. The van der Waals surface area contributed by atoms with Gasteiger partial charge in [-0.1, -0.05) is 0 Å². The fourth-order valence-electron chi connectivity index (χ4n) is 1.34. The zero-order valence-corrected chi connectivity index (χ0v) is 8.45. The molecule has 1 rings (SSSR count). The third-order valence-electron chi connectivity index (χ3n) is 1.97. The number of nitrogen functional groups attached to an aromatic ring is 1. The van der Waals surface area contributed by atoms with Crippen molar-refractivity contribution in [3.05, 3.63) is 23.4 Å². The lowest BCUT2D eigenvalue weighted by molar-refractivity contribution is 0.0976. The summed E-state index contributed by atoms with van der Waals surface area (Å²) in [6, 6.07) is 1.62. The van der Waals surface area contributed by atoms with Gasteiger partial charge in [0.25, 0.3) is 0 Å². The second-order valence-electron chi connectivity index (χ2n) is 3.49. The first-order valence-corrected chi connectivity index (χ1v) is 4.52. The van der Waals surface area contributed by atoms with Gasteiger partial charge in [0.05, 0.1) is 5.56 Å². The Balaban J connectivity index is 3.00. The molecule has 4 heteroatoms. The van der Waals surface area contributed by atoms with Crippen LogP contribution < -0.4 is 11.5 Å². The highest BCUT2D eigenvalue weighted by Crippen LogP contribution is 2.15. The molecule has 0 saturated heterocycles. The minimum absolute atomic E-state index is 0.0388. The highest BCUT2D eigenvalue weighted by atomic mass is 16.1. The van der Waals surface area contributed by atoms with Gasteiger partial charge in [0.2, 0.25) is 0 Å².